The van der Waals surface area contributed by atoms with Crippen LogP contribution in [-0.4, -0.2) is 43.2 Å². The van der Waals surface area contributed by atoms with Crippen molar-refractivity contribution >= 4 is 5.69 Å². The lowest BCUT2D eigenvalue weighted by atomic mass is 10.0. The summed E-state index contributed by atoms with van der Waals surface area (Å²) in [5.41, 5.74) is 8.65. The van der Waals surface area contributed by atoms with Crippen LogP contribution in [0.1, 0.15) is 19.4 Å². The zero-order chi connectivity index (χ0) is 13.2. The Hall–Kier alpha value is -1.06. The number of hydrogen-bond acceptors (Lipinski definition) is 3. The summed E-state index contributed by atoms with van der Waals surface area (Å²) in [5, 5.41) is 0. The van der Waals surface area contributed by atoms with E-state index in [0.29, 0.717) is 0 Å². The molecule has 0 aromatic heterocycles. The number of piperazine rings is 1. The van der Waals surface area contributed by atoms with Crippen molar-refractivity contribution in [2.24, 2.45) is 5.73 Å². The minimum Gasteiger partial charge on any atom is -0.369 e. The van der Waals surface area contributed by atoms with E-state index in [2.05, 4.69) is 54.8 Å². The summed E-state index contributed by atoms with van der Waals surface area (Å²) in [7, 11) is 0. The van der Waals surface area contributed by atoms with E-state index >= 15 is 0 Å². The molecule has 0 atom stereocenters. The third-order valence-electron chi connectivity index (χ3n) is 4.00. The van der Waals surface area contributed by atoms with E-state index in [1.807, 2.05) is 0 Å². The van der Waals surface area contributed by atoms with E-state index < -0.39 is 0 Å². The lowest BCUT2D eigenvalue weighted by Gasteiger charge is -2.44. The molecule has 0 amide bonds. The summed E-state index contributed by atoms with van der Waals surface area (Å²) in [6, 6.07) is 8.76. The molecule has 2 rings (SSSR count). The molecule has 18 heavy (non-hydrogen) atoms. The SMILES string of the molecule is Cc1cccc(N2CCN(C(C)(C)CN)CC2)c1. The molecule has 1 heterocycles. The van der Waals surface area contributed by atoms with Gasteiger partial charge in [-0.3, -0.25) is 4.90 Å². The van der Waals surface area contributed by atoms with Gasteiger partial charge in [0.2, 0.25) is 0 Å². The Labute approximate surface area is 111 Å². The van der Waals surface area contributed by atoms with Crippen LogP contribution >= 0.6 is 0 Å². The van der Waals surface area contributed by atoms with Crippen molar-refractivity contribution in [3.63, 3.8) is 0 Å². The first-order chi connectivity index (χ1) is 8.53. The number of aryl methyl sites for hydroxylation is 1. The Bertz CT molecular complexity index is 392. The topological polar surface area (TPSA) is 32.5 Å². The van der Waals surface area contributed by atoms with Gasteiger partial charge in [0.1, 0.15) is 0 Å². The van der Waals surface area contributed by atoms with Crippen LogP contribution in [-0.2, 0) is 0 Å². The fourth-order valence-corrected chi connectivity index (χ4v) is 2.52. The fraction of sp³-hybridized carbons (Fsp3) is 0.600. The number of hydrogen-bond donors (Lipinski definition) is 1. The molecule has 1 aromatic carbocycles. The van der Waals surface area contributed by atoms with Crippen molar-refractivity contribution in [3.8, 4) is 0 Å². The fourth-order valence-electron chi connectivity index (χ4n) is 2.52. The largest absolute Gasteiger partial charge is 0.369 e. The van der Waals surface area contributed by atoms with Crippen LogP contribution in [0.2, 0.25) is 0 Å². The number of benzene rings is 1. The second-order valence-corrected chi connectivity index (χ2v) is 5.83. The number of nitrogens with two attached hydrogens (primary N) is 1. The van der Waals surface area contributed by atoms with Gasteiger partial charge in [0.25, 0.3) is 0 Å². The Morgan fingerprint density at radius 2 is 1.83 bits per heavy atom. The third kappa shape index (κ3) is 2.85. The lowest BCUT2D eigenvalue weighted by Crippen LogP contribution is -2.57. The zero-order valence-corrected chi connectivity index (χ0v) is 11.8. The maximum atomic E-state index is 5.85. The van der Waals surface area contributed by atoms with Gasteiger partial charge in [-0.15, -0.1) is 0 Å². The van der Waals surface area contributed by atoms with Gasteiger partial charge in [-0.2, -0.15) is 0 Å². The average Bonchev–Trinajstić information content (AvgIpc) is 2.39. The van der Waals surface area contributed by atoms with Gasteiger partial charge in [0.15, 0.2) is 0 Å². The summed E-state index contributed by atoms with van der Waals surface area (Å²) in [6.45, 7) is 11.7. The molecule has 0 bridgehead atoms. The van der Waals surface area contributed by atoms with E-state index in [4.69, 9.17) is 5.73 Å². The molecule has 3 heteroatoms. The van der Waals surface area contributed by atoms with E-state index in [1.54, 1.807) is 0 Å². The third-order valence-corrected chi connectivity index (χ3v) is 4.00. The molecule has 1 saturated heterocycles. The summed E-state index contributed by atoms with van der Waals surface area (Å²) in [5.74, 6) is 0. The second-order valence-electron chi connectivity index (χ2n) is 5.83. The first-order valence-corrected chi connectivity index (χ1v) is 6.80. The second kappa shape index (κ2) is 5.29. The average molecular weight is 247 g/mol. The van der Waals surface area contributed by atoms with Crippen LogP contribution in [0, 0.1) is 6.92 Å². The van der Waals surface area contributed by atoms with Crippen LogP contribution in [0.4, 0.5) is 5.69 Å². The summed E-state index contributed by atoms with van der Waals surface area (Å²) < 4.78 is 0. The highest BCUT2D eigenvalue weighted by Crippen LogP contribution is 2.21. The highest BCUT2D eigenvalue weighted by Gasteiger charge is 2.28. The zero-order valence-electron chi connectivity index (χ0n) is 11.8. The highest BCUT2D eigenvalue weighted by atomic mass is 15.3. The van der Waals surface area contributed by atoms with E-state index in [1.165, 1.54) is 11.3 Å². The van der Waals surface area contributed by atoms with Crippen LogP contribution in [0.5, 0.6) is 0 Å². The molecule has 1 aromatic rings. The quantitative estimate of drug-likeness (QED) is 0.885. The molecule has 0 aliphatic carbocycles. The molecule has 1 aliphatic rings. The normalized spacial score (nSPS) is 18.1. The first-order valence-electron chi connectivity index (χ1n) is 6.80. The van der Waals surface area contributed by atoms with Crippen molar-refractivity contribution in [2.75, 3.05) is 37.6 Å². The van der Waals surface area contributed by atoms with Crippen molar-refractivity contribution in [1.82, 2.24) is 4.90 Å². The number of anilines is 1. The smallest absolute Gasteiger partial charge is 0.0369 e. The summed E-state index contributed by atoms with van der Waals surface area (Å²) in [4.78, 5) is 4.97. The van der Waals surface area contributed by atoms with Gasteiger partial charge in [-0.05, 0) is 38.5 Å². The summed E-state index contributed by atoms with van der Waals surface area (Å²) in [6.07, 6.45) is 0. The highest BCUT2D eigenvalue weighted by molar-refractivity contribution is 5.48. The Morgan fingerprint density at radius 1 is 1.17 bits per heavy atom. The molecule has 1 aliphatic heterocycles. The van der Waals surface area contributed by atoms with Crippen molar-refractivity contribution in [3.05, 3.63) is 29.8 Å². The molecule has 0 unspecified atom stereocenters. The maximum Gasteiger partial charge on any atom is 0.0369 e. The molecule has 3 nitrogen and oxygen atoms in total. The van der Waals surface area contributed by atoms with Gasteiger partial charge in [-0.25, -0.2) is 0 Å². The van der Waals surface area contributed by atoms with E-state index in [-0.39, 0.29) is 5.54 Å². The number of nitrogens with zero attached hydrogens (tertiary/aromatic N) is 2. The Balaban J connectivity index is 1.99. The van der Waals surface area contributed by atoms with Crippen LogP contribution in [0.3, 0.4) is 0 Å². The Morgan fingerprint density at radius 3 is 2.39 bits per heavy atom. The predicted octanol–water partition coefficient (Wildman–Crippen LogP) is 1.85. The van der Waals surface area contributed by atoms with Gasteiger partial charge in [0.05, 0.1) is 0 Å². The predicted molar refractivity (Wildman–Crippen MR) is 78.1 cm³/mol. The van der Waals surface area contributed by atoms with Gasteiger partial charge in [0, 0.05) is 44.0 Å². The molecule has 100 valence electrons. The van der Waals surface area contributed by atoms with E-state index in [9.17, 15) is 0 Å². The molecule has 1 fully saturated rings. The van der Waals surface area contributed by atoms with Crippen molar-refractivity contribution in [1.29, 1.82) is 0 Å². The lowest BCUT2D eigenvalue weighted by molar-refractivity contribution is 0.119. The van der Waals surface area contributed by atoms with E-state index in [0.717, 1.165) is 32.7 Å². The van der Waals surface area contributed by atoms with Crippen LogP contribution in [0.15, 0.2) is 24.3 Å². The van der Waals surface area contributed by atoms with Gasteiger partial charge < -0.3 is 10.6 Å². The van der Waals surface area contributed by atoms with Gasteiger partial charge in [-0.1, -0.05) is 12.1 Å². The maximum absolute atomic E-state index is 5.85. The minimum absolute atomic E-state index is 0.124. The van der Waals surface area contributed by atoms with Crippen molar-refractivity contribution in [2.45, 2.75) is 26.3 Å². The molecule has 0 radical (unpaired) electrons. The standard InChI is InChI=1S/C15H25N3/c1-13-5-4-6-14(11-13)17-7-9-18(10-8-17)15(2,3)12-16/h4-6,11H,7-10,12,16H2,1-3H3. The van der Waals surface area contributed by atoms with Crippen LogP contribution < -0.4 is 10.6 Å². The summed E-state index contributed by atoms with van der Waals surface area (Å²) >= 11 is 0. The molecular weight excluding hydrogens is 222 g/mol. The van der Waals surface area contributed by atoms with Crippen LogP contribution in [0.25, 0.3) is 0 Å². The van der Waals surface area contributed by atoms with Crippen molar-refractivity contribution < 1.29 is 0 Å². The number of rotatable bonds is 3. The monoisotopic (exact) mass is 247 g/mol. The van der Waals surface area contributed by atoms with Gasteiger partial charge >= 0.3 is 0 Å². The molecule has 0 spiro atoms. The molecule has 0 saturated carbocycles. The first kappa shape index (κ1) is 13.4. The minimum atomic E-state index is 0.124. The molecule has 2 N–H and O–H groups in total. The Kier molecular flexibility index (Phi) is 3.93. The molecular formula is C15H25N3.